The minimum atomic E-state index is -0.277. The third kappa shape index (κ3) is 4.21. The molecule has 3 aromatic rings. The van der Waals surface area contributed by atoms with Crippen molar-refractivity contribution in [1.29, 1.82) is 0 Å². The van der Waals surface area contributed by atoms with E-state index in [0.29, 0.717) is 34.8 Å². The van der Waals surface area contributed by atoms with Gasteiger partial charge in [0.25, 0.3) is 5.56 Å². The largest absolute Gasteiger partial charge is 0.492 e. The average Bonchev–Trinajstić information content (AvgIpc) is 2.63. The molecule has 1 aromatic heterocycles. The summed E-state index contributed by atoms with van der Waals surface area (Å²) in [6.07, 6.45) is 1.40. The van der Waals surface area contributed by atoms with Crippen molar-refractivity contribution in [3.05, 3.63) is 69.7 Å². The van der Waals surface area contributed by atoms with Crippen molar-refractivity contribution in [3.63, 3.8) is 0 Å². The van der Waals surface area contributed by atoms with Crippen LogP contribution in [0.4, 0.5) is 0 Å². The number of rotatable bonds is 6. The topological polar surface area (TPSA) is 73.2 Å². The van der Waals surface area contributed by atoms with Gasteiger partial charge in [-0.1, -0.05) is 23.7 Å². The molecule has 7 heteroatoms. The second-order valence-electron chi connectivity index (χ2n) is 5.80. The van der Waals surface area contributed by atoms with E-state index in [1.165, 1.54) is 10.9 Å². The van der Waals surface area contributed by atoms with Crippen molar-refractivity contribution in [3.8, 4) is 5.75 Å². The van der Waals surface area contributed by atoms with E-state index in [2.05, 4.69) is 10.3 Å². The van der Waals surface area contributed by atoms with Crippen molar-refractivity contribution in [2.75, 3.05) is 13.2 Å². The Labute approximate surface area is 155 Å². The predicted octanol–water partition coefficient (Wildman–Crippen LogP) is 2.55. The summed E-state index contributed by atoms with van der Waals surface area (Å²) in [5.74, 6) is 0.398. The lowest BCUT2D eigenvalue weighted by Gasteiger charge is -2.10. The number of amides is 1. The Morgan fingerprint density at radius 1 is 1.23 bits per heavy atom. The molecule has 0 spiro atoms. The highest BCUT2D eigenvalue weighted by Gasteiger charge is 2.09. The number of aromatic nitrogens is 2. The van der Waals surface area contributed by atoms with Crippen molar-refractivity contribution >= 4 is 28.4 Å². The number of hydrogen-bond acceptors (Lipinski definition) is 4. The Balaban J connectivity index is 1.55. The van der Waals surface area contributed by atoms with Gasteiger partial charge in [-0.25, -0.2) is 4.98 Å². The van der Waals surface area contributed by atoms with Gasteiger partial charge in [-0.3, -0.25) is 14.2 Å². The molecule has 26 heavy (non-hydrogen) atoms. The van der Waals surface area contributed by atoms with Gasteiger partial charge in [0, 0.05) is 5.02 Å². The number of benzene rings is 2. The number of halogens is 1. The van der Waals surface area contributed by atoms with E-state index in [4.69, 9.17) is 16.3 Å². The third-order valence-corrected chi connectivity index (χ3v) is 4.13. The van der Waals surface area contributed by atoms with Gasteiger partial charge in [0.15, 0.2) is 0 Å². The van der Waals surface area contributed by atoms with Crippen LogP contribution < -0.4 is 15.6 Å². The Hall–Kier alpha value is -2.86. The van der Waals surface area contributed by atoms with Gasteiger partial charge in [-0.15, -0.1) is 0 Å². The molecule has 0 radical (unpaired) electrons. The zero-order chi connectivity index (χ0) is 18.5. The van der Waals surface area contributed by atoms with Gasteiger partial charge in [0.1, 0.15) is 18.9 Å². The summed E-state index contributed by atoms with van der Waals surface area (Å²) in [5.41, 5.74) is 1.35. The molecular weight excluding hydrogens is 354 g/mol. The molecule has 0 aliphatic rings. The summed E-state index contributed by atoms with van der Waals surface area (Å²) >= 11 is 5.80. The highest BCUT2D eigenvalue weighted by molar-refractivity contribution is 6.30. The molecule has 1 amide bonds. The van der Waals surface area contributed by atoms with E-state index in [1.54, 1.807) is 36.4 Å². The van der Waals surface area contributed by atoms with Gasteiger partial charge in [-0.05, 0) is 42.8 Å². The van der Waals surface area contributed by atoms with E-state index in [-0.39, 0.29) is 18.0 Å². The number of carbonyl (C=O) groups is 1. The molecule has 0 unspecified atom stereocenters. The molecule has 0 bridgehead atoms. The highest BCUT2D eigenvalue weighted by Crippen LogP contribution is 2.15. The Bertz CT molecular complexity index is 983. The Morgan fingerprint density at radius 2 is 2.00 bits per heavy atom. The van der Waals surface area contributed by atoms with Crippen LogP contribution in [0.15, 0.2) is 53.6 Å². The van der Waals surface area contributed by atoms with Crippen LogP contribution >= 0.6 is 11.6 Å². The number of nitrogens with zero attached hydrogens (tertiary/aromatic N) is 2. The standard InChI is InChI=1S/C19H18ClN3O3/c1-13-3-2-4-16-18(13)22-12-23(19(16)25)11-17(24)21-9-10-26-15-7-5-14(20)6-8-15/h2-8,12H,9-11H2,1H3,(H,21,24). The van der Waals surface area contributed by atoms with Crippen molar-refractivity contribution in [1.82, 2.24) is 14.9 Å². The fourth-order valence-electron chi connectivity index (χ4n) is 2.55. The van der Waals surface area contributed by atoms with Gasteiger partial charge in [-0.2, -0.15) is 0 Å². The normalized spacial score (nSPS) is 10.7. The predicted molar refractivity (Wildman–Crippen MR) is 101 cm³/mol. The van der Waals surface area contributed by atoms with Crippen LogP contribution in [0, 0.1) is 6.92 Å². The molecule has 1 N–H and O–H groups in total. The lowest BCUT2D eigenvalue weighted by Crippen LogP contribution is -2.34. The Morgan fingerprint density at radius 3 is 2.77 bits per heavy atom. The number of nitrogens with one attached hydrogen (secondary N) is 1. The van der Waals surface area contributed by atoms with Gasteiger partial charge < -0.3 is 10.1 Å². The van der Waals surface area contributed by atoms with Gasteiger partial charge in [0.05, 0.1) is 23.8 Å². The zero-order valence-corrected chi connectivity index (χ0v) is 15.0. The van der Waals surface area contributed by atoms with Crippen LogP contribution in [0.3, 0.4) is 0 Å². The Kier molecular flexibility index (Phi) is 5.53. The fraction of sp³-hybridized carbons (Fsp3) is 0.211. The van der Waals surface area contributed by atoms with E-state index in [0.717, 1.165) is 5.56 Å². The summed E-state index contributed by atoms with van der Waals surface area (Å²) < 4.78 is 6.80. The van der Waals surface area contributed by atoms with Crippen LogP contribution in [0.5, 0.6) is 5.75 Å². The maximum absolute atomic E-state index is 12.5. The highest BCUT2D eigenvalue weighted by atomic mass is 35.5. The second-order valence-corrected chi connectivity index (χ2v) is 6.24. The molecule has 0 saturated carbocycles. The molecule has 0 saturated heterocycles. The minimum Gasteiger partial charge on any atom is -0.492 e. The van der Waals surface area contributed by atoms with Crippen LogP contribution in [0.1, 0.15) is 5.56 Å². The van der Waals surface area contributed by atoms with Crippen molar-refractivity contribution in [2.24, 2.45) is 0 Å². The van der Waals surface area contributed by atoms with Gasteiger partial charge in [0.2, 0.25) is 5.91 Å². The molecule has 6 nitrogen and oxygen atoms in total. The third-order valence-electron chi connectivity index (χ3n) is 3.88. The maximum Gasteiger partial charge on any atom is 0.261 e. The lowest BCUT2D eigenvalue weighted by molar-refractivity contribution is -0.121. The van der Waals surface area contributed by atoms with Crippen molar-refractivity contribution < 1.29 is 9.53 Å². The number of fused-ring (bicyclic) bond motifs is 1. The summed E-state index contributed by atoms with van der Waals surface area (Å²) in [5, 5.41) is 3.86. The van der Waals surface area contributed by atoms with E-state index < -0.39 is 0 Å². The van der Waals surface area contributed by atoms with E-state index in [1.807, 2.05) is 13.0 Å². The fourth-order valence-corrected chi connectivity index (χ4v) is 2.68. The average molecular weight is 372 g/mol. The van der Waals surface area contributed by atoms with Crippen molar-refractivity contribution in [2.45, 2.75) is 13.5 Å². The molecule has 1 heterocycles. The first kappa shape index (κ1) is 17.9. The number of para-hydroxylation sites is 1. The second kappa shape index (κ2) is 8.01. The number of aryl methyl sites for hydroxylation is 1. The van der Waals surface area contributed by atoms with Crippen LogP contribution in [0.25, 0.3) is 10.9 Å². The number of ether oxygens (including phenoxy) is 1. The monoisotopic (exact) mass is 371 g/mol. The first-order valence-corrected chi connectivity index (χ1v) is 8.52. The molecule has 0 atom stereocenters. The van der Waals surface area contributed by atoms with E-state index in [9.17, 15) is 9.59 Å². The zero-order valence-electron chi connectivity index (χ0n) is 14.2. The van der Waals surface area contributed by atoms with Crippen LogP contribution in [0.2, 0.25) is 5.02 Å². The van der Waals surface area contributed by atoms with Gasteiger partial charge >= 0.3 is 0 Å². The molecule has 3 rings (SSSR count). The lowest BCUT2D eigenvalue weighted by atomic mass is 10.1. The SMILES string of the molecule is Cc1cccc2c(=O)n(CC(=O)NCCOc3ccc(Cl)cc3)cnc12. The molecule has 134 valence electrons. The molecule has 0 aliphatic carbocycles. The molecular formula is C19H18ClN3O3. The number of hydrogen-bond donors (Lipinski definition) is 1. The maximum atomic E-state index is 12.5. The van der Waals surface area contributed by atoms with Crippen LogP contribution in [-0.4, -0.2) is 28.6 Å². The number of carbonyl (C=O) groups excluding carboxylic acids is 1. The quantitative estimate of drug-likeness (QED) is 0.676. The summed E-state index contributed by atoms with van der Waals surface area (Å²) in [6, 6.07) is 12.4. The first-order valence-electron chi connectivity index (χ1n) is 8.14. The summed E-state index contributed by atoms with van der Waals surface area (Å²) in [7, 11) is 0. The smallest absolute Gasteiger partial charge is 0.261 e. The molecule has 0 aliphatic heterocycles. The minimum absolute atomic E-state index is 0.0866. The first-order chi connectivity index (χ1) is 12.5. The van der Waals surface area contributed by atoms with E-state index >= 15 is 0 Å². The summed E-state index contributed by atoms with van der Waals surface area (Å²) in [6.45, 7) is 2.46. The van der Waals surface area contributed by atoms with Crippen LogP contribution in [-0.2, 0) is 11.3 Å². The molecule has 0 fully saturated rings. The summed E-state index contributed by atoms with van der Waals surface area (Å²) in [4.78, 5) is 28.8. The molecule has 2 aromatic carbocycles.